The first-order chi connectivity index (χ1) is 14.0. The Bertz CT molecular complexity index is 1230. The molecule has 0 saturated carbocycles. The van der Waals surface area contributed by atoms with E-state index < -0.39 is 0 Å². The van der Waals surface area contributed by atoms with Gasteiger partial charge in [-0.05, 0) is 66.1 Å². The molecule has 0 radical (unpaired) electrons. The van der Waals surface area contributed by atoms with Gasteiger partial charge in [0.15, 0.2) is 0 Å². The highest BCUT2D eigenvalue weighted by Crippen LogP contribution is 2.30. The molecule has 0 amide bonds. The van der Waals surface area contributed by atoms with Crippen LogP contribution in [0.2, 0.25) is 5.02 Å². The minimum atomic E-state index is -0.368. The Morgan fingerprint density at radius 2 is 1.72 bits per heavy atom. The van der Waals surface area contributed by atoms with E-state index in [-0.39, 0.29) is 5.63 Å². The van der Waals surface area contributed by atoms with Gasteiger partial charge in [-0.25, -0.2) is 4.79 Å². The van der Waals surface area contributed by atoms with Crippen molar-refractivity contribution in [3.05, 3.63) is 93.3 Å². The molecule has 29 heavy (non-hydrogen) atoms. The van der Waals surface area contributed by atoms with Crippen molar-refractivity contribution in [3.63, 3.8) is 0 Å². The van der Waals surface area contributed by atoms with Crippen LogP contribution in [0, 0.1) is 6.92 Å². The van der Waals surface area contributed by atoms with Gasteiger partial charge in [0.05, 0.1) is 12.7 Å². The smallest absolute Gasteiger partial charge is 0.344 e. The van der Waals surface area contributed by atoms with Gasteiger partial charge in [0.2, 0.25) is 0 Å². The number of rotatable bonds is 5. The van der Waals surface area contributed by atoms with Crippen LogP contribution in [-0.2, 0) is 6.61 Å². The highest BCUT2D eigenvalue weighted by molar-refractivity contribution is 6.30. The molecule has 1 aromatic heterocycles. The van der Waals surface area contributed by atoms with Gasteiger partial charge in [0.25, 0.3) is 0 Å². The fourth-order valence-corrected chi connectivity index (χ4v) is 3.52. The van der Waals surface area contributed by atoms with E-state index in [1.807, 2.05) is 61.5 Å². The predicted octanol–water partition coefficient (Wildman–Crippen LogP) is 6.01. The van der Waals surface area contributed by atoms with Gasteiger partial charge >= 0.3 is 5.63 Å². The average molecular weight is 407 g/mol. The second kappa shape index (κ2) is 8.02. The van der Waals surface area contributed by atoms with Crippen molar-refractivity contribution in [3.8, 4) is 22.6 Å². The van der Waals surface area contributed by atoms with Crippen molar-refractivity contribution >= 4 is 22.6 Å². The molecule has 4 aromatic rings. The van der Waals surface area contributed by atoms with Crippen molar-refractivity contribution < 1.29 is 13.9 Å². The molecule has 0 aliphatic heterocycles. The summed E-state index contributed by atoms with van der Waals surface area (Å²) < 4.78 is 16.7. The normalized spacial score (nSPS) is 10.9. The van der Waals surface area contributed by atoms with Gasteiger partial charge in [-0.15, -0.1) is 0 Å². The zero-order valence-electron chi connectivity index (χ0n) is 16.1. The number of hydrogen-bond donors (Lipinski definition) is 0. The Balaban J connectivity index is 1.70. The van der Waals surface area contributed by atoms with E-state index in [4.69, 9.17) is 25.5 Å². The maximum atomic E-state index is 12.6. The van der Waals surface area contributed by atoms with Crippen molar-refractivity contribution in [1.29, 1.82) is 0 Å². The van der Waals surface area contributed by atoms with E-state index in [0.29, 0.717) is 28.5 Å². The van der Waals surface area contributed by atoms with Crippen LogP contribution in [0.3, 0.4) is 0 Å². The molecule has 0 bridgehead atoms. The molecule has 0 saturated heterocycles. The van der Waals surface area contributed by atoms with E-state index in [0.717, 1.165) is 27.8 Å². The minimum Gasteiger partial charge on any atom is -0.497 e. The van der Waals surface area contributed by atoms with E-state index in [1.165, 1.54) is 0 Å². The number of benzene rings is 3. The lowest BCUT2D eigenvalue weighted by Crippen LogP contribution is -2.06. The minimum absolute atomic E-state index is 0.368. The SMILES string of the molecule is COc1ccc(-c2c(C)c3cc(OCc4cccc(Cl)c4)ccc3oc2=O)cc1. The lowest BCUT2D eigenvalue weighted by Gasteiger charge is -2.11. The van der Waals surface area contributed by atoms with Crippen LogP contribution in [0.5, 0.6) is 11.5 Å². The van der Waals surface area contributed by atoms with Crippen LogP contribution < -0.4 is 15.1 Å². The Morgan fingerprint density at radius 1 is 0.966 bits per heavy atom. The molecule has 4 rings (SSSR count). The zero-order valence-corrected chi connectivity index (χ0v) is 16.8. The molecule has 0 atom stereocenters. The lowest BCUT2D eigenvalue weighted by molar-refractivity contribution is 0.306. The Morgan fingerprint density at radius 3 is 2.45 bits per heavy atom. The molecule has 146 valence electrons. The molecule has 0 fully saturated rings. The van der Waals surface area contributed by atoms with Crippen LogP contribution in [0.1, 0.15) is 11.1 Å². The fraction of sp³-hybridized carbons (Fsp3) is 0.125. The Labute approximate surface area is 173 Å². The summed E-state index contributed by atoms with van der Waals surface area (Å²) >= 11 is 6.03. The number of hydrogen-bond acceptors (Lipinski definition) is 4. The van der Waals surface area contributed by atoms with Gasteiger partial charge in [-0.3, -0.25) is 0 Å². The third-order valence-corrected chi connectivity index (χ3v) is 5.05. The number of fused-ring (bicyclic) bond motifs is 1. The first-order valence-corrected chi connectivity index (χ1v) is 9.52. The molecule has 4 nitrogen and oxygen atoms in total. The van der Waals surface area contributed by atoms with E-state index in [2.05, 4.69) is 0 Å². The van der Waals surface area contributed by atoms with Crippen LogP contribution in [0.25, 0.3) is 22.1 Å². The van der Waals surface area contributed by atoms with Crippen molar-refractivity contribution in [2.24, 2.45) is 0 Å². The zero-order chi connectivity index (χ0) is 20.4. The summed E-state index contributed by atoms with van der Waals surface area (Å²) in [6, 6.07) is 20.3. The third kappa shape index (κ3) is 3.98. The first kappa shape index (κ1) is 19.1. The molecule has 0 unspecified atom stereocenters. The van der Waals surface area contributed by atoms with Crippen LogP contribution in [0.4, 0.5) is 0 Å². The summed E-state index contributed by atoms with van der Waals surface area (Å²) in [5, 5.41) is 1.50. The average Bonchev–Trinajstić information content (AvgIpc) is 2.73. The maximum Gasteiger partial charge on any atom is 0.344 e. The van der Waals surface area contributed by atoms with Gasteiger partial charge in [0.1, 0.15) is 23.7 Å². The van der Waals surface area contributed by atoms with Crippen LogP contribution >= 0.6 is 11.6 Å². The fourth-order valence-electron chi connectivity index (χ4n) is 3.31. The Hall–Kier alpha value is -3.24. The molecular formula is C24H19ClO4. The number of ether oxygens (including phenoxy) is 2. The first-order valence-electron chi connectivity index (χ1n) is 9.14. The summed E-state index contributed by atoms with van der Waals surface area (Å²) in [5.41, 5.74) is 3.30. The van der Waals surface area contributed by atoms with Crippen LogP contribution in [0.15, 0.2) is 75.9 Å². The van der Waals surface area contributed by atoms with Crippen molar-refractivity contribution in [2.45, 2.75) is 13.5 Å². The van der Waals surface area contributed by atoms with Crippen molar-refractivity contribution in [1.82, 2.24) is 0 Å². The van der Waals surface area contributed by atoms with E-state index >= 15 is 0 Å². The van der Waals surface area contributed by atoms with Gasteiger partial charge in [0, 0.05) is 10.4 Å². The molecule has 0 spiro atoms. The quantitative estimate of drug-likeness (QED) is 0.381. The molecule has 1 heterocycles. The summed E-state index contributed by atoms with van der Waals surface area (Å²) in [6.45, 7) is 2.31. The number of halogens is 1. The monoisotopic (exact) mass is 406 g/mol. The van der Waals surface area contributed by atoms with Gasteiger partial charge in [-0.1, -0.05) is 35.9 Å². The lowest BCUT2D eigenvalue weighted by atomic mass is 9.99. The topological polar surface area (TPSA) is 48.7 Å². The summed E-state index contributed by atoms with van der Waals surface area (Å²) in [5.74, 6) is 1.42. The van der Waals surface area contributed by atoms with Gasteiger partial charge < -0.3 is 13.9 Å². The highest BCUT2D eigenvalue weighted by Gasteiger charge is 2.14. The predicted molar refractivity (Wildman–Crippen MR) is 115 cm³/mol. The standard InChI is InChI=1S/C24H19ClO4/c1-15-21-13-20(28-14-16-4-3-5-18(25)12-16)10-11-22(21)29-24(26)23(15)17-6-8-19(27-2)9-7-17/h3-13H,14H2,1-2H3. The molecule has 3 aromatic carbocycles. The molecule has 5 heteroatoms. The van der Waals surface area contributed by atoms with E-state index in [9.17, 15) is 4.79 Å². The highest BCUT2D eigenvalue weighted by atomic mass is 35.5. The second-order valence-electron chi connectivity index (χ2n) is 6.69. The second-order valence-corrected chi connectivity index (χ2v) is 7.13. The van der Waals surface area contributed by atoms with Crippen LogP contribution in [-0.4, -0.2) is 7.11 Å². The molecule has 0 aliphatic rings. The maximum absolute atomic E-state index is 12.6. The Kier molecular flexibility index (Phi) is 5.28. The number of aryl methyl sites for hydroxylation is 1. The van der Waals surface area contributed by atoms with Crippen molar-refractivity contribution in [2.75, 3.05) is 7.11 Å². The summed E-state index contributed by atoms with van der Waals surface area (Å²) in [4.78, 5) is 12.6. The third-order valence-electron chi connectivity index (χ3n) is 4.81. The molecular weight excluding hydrogens is 388 g/mol. The van der Waals surface area contributed by atoms with E-state index in [1.54, 1.807) is 19.2 Å². The van der Waals surface area contributed by atoms with Gasteiger partial charge in [-0.2, -0.15) is 0 Å². The number of methoxy groups -OCH3 is 1. The molecule has 0 N–H and O–H groups in total. The summed E-state index contributed by atoms with van der Waals surface area (Å²) in [6.07, 6.45) is 0. The summed E-state index contributed by atoms with van der Waals surface area (Å²) in [7, 11) is 1.61. The molecule has 0 aliphatic carbocycles. The largest absolute Gasteiger partial charge is 0.497 e.